The van der Waals surface area contributed by atoms with Crippen molar-refractivity contribution >= 4 is 29.1 Å². The maximum absolute atomic E-state index is 13.4. The second-order valence-corrected chi connectivity index (χ2v) is 8.58. The molecule has 34 heavy (non-hydrogen) atoms. The van der Waals surface area contributed by atoms with E-state index in [2.05, 4.69) is 10.6 Å². The molecule has 0 aromatic heterocycles. The molecule has 0 spiro atoms. The van der Waals surface area contributed by atoms with Crippen LogP contribution in [0.1, 0.15) is 18.5 Å². The van der Waals surface area contributed by atoms with Crippen molar-refractivity contribution in [2.45, 2.75) is 13.0 Å². The number of methoxy groups -OCH3 is 1. The molecule has 1 atom stereocenters. The van der Waals surface area contributed by atoms with E-state index in [1.165, 1.54) is 7.11 Å². The van der Waals surface area contributed by atoms with Gasteiger partial charge in [-0.15, -0.1) is 0 Å². The summed E-state index contributed by atoms with van der Waals surface area (Å²) in [6.45, 7) is 6.07. The van der Waals surface area contributed by atoms with Gasteiger partial charge in [0.25, 0.3) is 11.8 Å². The van der Waals surface area contributed by atoms with Gasteiger partial charge in [0.1, 0.15) is 0 Å². The Kier molecular flexibility index (Phi) is 7.86. The first-order valence-electron chi connectivity index (χ1n) is 11.3. The number of nitrogens with zero attached hydrogens (tertiary/aromatic N) is 2. The minimum atomic E-state index is -0.456. The zero-order chi connectivity index (χ0) is 24.1. The fourth-order valence-electron chi connectivity index (χ4n) is 4.19. The van der Waals surface area contributed by atoms with Crippen molar-refractivity contribution < 1.29 is 28.5 Å². The summed E-state index contributed by atoms with van der Waals surface area (Å²) in [6, 6.07) is 4.95. The Bertz CT molecular complexity index is 972. The minimum Gasteiger partial charge on any atom is -0.493 e. The molecule has 3 heterocycles. The second kappa shape index (κ2) is 11.0. The minimum absolute atomic E-state index is 0.0660. The fraction of sp³-hybridized carbons (Fsp3) is 0.522. The first-order chi connectivity index (χ1) is 16.5. The van der Waals surface area contributed by atoms with Crippen LogP contribution in [0.15, 0.2) is 29.5 Å². The van der Waals surface area contributed by atoms with Crippen molar-refractivity contribution in [3.63, 3.8) is 0 Å². The van der Waals surface area contributed by atoms with E-state index in [9.17, 15) is 9.59 Å². The molecule has 1 aromatic rings. The molecule has 1 aromatic carbocycles. The lowest BCUT2D eigenvalue weighted by molar-refractivity contribution is -0.137. The van der Waals surface area contributed by atoms with E-state index in [1.807, 2.05) is 13.0 Å². The molecule has 184 valence electrons. The highest BCUT2D eigenvalue weighted by Crippen LogP contribution is 2.35. The van der Waals surface area contributed by atoms with Crippen molar-refractivity contribution in [1.82, 2.24) is 20.4 Å². The van der Waals surface area contributed by atoms with Crippen molar-refractivity contribution in [2.24, 2.45) is 0 Å². The van der Waals surface area contributed by atoms with Gasteiger partial charge in [0.05, 0.1) is 45.2 Å². The zero-order valence-corrected chi connectivity index (χ0v) is 20.2. The Morgan fingerprint density at radius 3 is 2.35 bits per heavy atom. The summed E-state index contributed by atoms with van der Waals surface area (Å²) in [5.74, 6) is 0.751. The molecule has 0 aliphatic carbocycles. The number of benzene rings is 1. The van der Waals surface area contributed by atoms with Crippen LogP contribution in [0, 0.1) is 0 Å². The number of rotatable bonds is 6. The topological polar surface area (TPSA) is 102 Å². The lowest BCUT2D eigenvalue weighted by Crippen LogP contribution is -2.49. The Morgan fingerprint density at radius 2 is 1.71 bits per heavy atom. The molecule has 10 nitrogen and oxygen atoms in total. The van der Waals surface area contributed by atoms with Gasteiger partial charge in [0.2, 0.25) is 0 Å². The summed E-state index contributed by atoms with van der Waals surface area (Å²) in [5, 5.41) is 6.72. The van der Waals surface area contributed by atoms with Crippen molar-refractivity contribution in [3.8, 4) is 11.5 Å². The highest BCUT2D eigenvalue weighted by molar-refractivity contribution is 7.80. The number of nitrogens with one attached hydrogen (secondary N) is 2. The summed E-state index contributed by atoms with van der Waals surface area (Å²) >= 11 is 5.37. The van der Waals surface area contributed by atoms with E-state index in [1.54, 1.807) is 21.9 Å². The molecule has 0 bridgehead atoms. The molecule has 11 heteroatoms. The first kappa shape index (κ1) is 24.2. The number of morpholine rings is 2. The number of carbonyl (C=O) groups is 2. The summed E-state index contributed by atoms with van der Waals surface area (Å²) in [6.07, 6.45) is 0. The highest BCUT2D eigenvalue weighted by Gasteiger charge is 2.33. The van der Waals surface area contributed by atoms with Crippen LogP contribution in [-0.4, -0.2) is 93.0 Å². The molecule has 3 aliphatic rings. The number of ether oxygens (including phenoxy) is 4. The number of hydrogen-bond acceptors (Lipinski definition) is 7. The van der Waals surface area contributed by atoms with Crippen molar-refractivity contribution in [1.29, 1.82) is 0 Å². The van der Waals surface area contributed by atoms with E-state index >= 15 is 0 Å². The Hall–Kier alpha value is -2.89. The van der Waals surface area contributed by atoms with Crippen LogP contribution in [0.25, 0.3) is 0 Å². The van der Waals surface area contributed by atoms with E-state index in [4.69, 9.17) is 31.2 Å². The molecule has 3 aliphatic heterocycles. The SMILES string of the molecule is COc1cc([C@H]2NC(=S)NC(C)=C2C(=O)N2CCOCC2)ccc1OCC(=O)N1CCOCC1. The first-order valence-corrected chi connectivity index (χ1v) is 11.7. The number of hydrogen-bond donors (Lipinski definition) is 2. The molecule has 0 saturated carbocycles. The average molecular weight is 491 g/mol. The molecule has 0 radical (unpaired) electrons. The number of amides is 2. The number of thiocarbonyl (C=S) groups is 1. The number of allylic oxidation sites excluding steroid dienone is 1. The molecular formula is C23H30N4O6S. The standard InChI is InChI=1S/C23H30N4O6S/c1-15-20(22(29)27-7-11-32-12-8-27)21(25-23(34)24-15)16-3-4-17(18(13-16)30-2)33-14-19(28)26-5-9-31-10-6-26/h3-4,13,21H,5-12,14H2,1-2H3,(H2,24,25,34)/t21-/m1/s1. The lowest BCUT2D eigenvalue weighted by Gasteiger charge is -2.35. The van der Waals surface area contributed by atoms with Crippen molar-refractivity contribution in [3.05, 3.63) is 35.0 Å². The Balaban J connectivity index is 1.53. The van der Waals surface area contributed by atoms with E-state index < -0.39 is 6.04 Å². The third-order valence-electron chi connectivity index (χ3n) is 6.03. The summed E-state index contributed by atoms with van der Waals surface area (Å²) in [7, 11) is 1.54. The van der Waals surface area contributed by atoms with Gasteiger partial charge >= 0.3 is 0 Å². The second-order valence-electron chi connectivity index (χ2n) is 8.17. The maximum atomic E-state index is 13.4. The van der Waals surface area contributed by atoms with Gasteiger partial charge in [-0.25, -0.2) is 0 Å². The Morgan fingerprint density at radius 1 is 1.06 bits per heavy atom. The number of carbonyl (C=O) groups excluding carboxylic acids is 2. The van der Waals surface area contributed by atoms with Gasteiger partial charge in [0.15, 0.2) is 23.2 Å². The van der Waals surface area contributed by atoms with Gasteiger partial charge in [0, 0.05) is 31.9 Å². The van der Waals surface area contributed by atoms with E-state index in [0.29, 0.717) is 80.5 Å². The van der Waals surface area contributed by atoms with Gasteiger partial charge in [-0.05, 0) is 36.8 Å². The smallest absolute Gasteiger partial charge is 0.260 e. The summed E-state index contributed by atoms with van der Waals surface area (Å²) in [4.78, 5) is 29.3. The van der Waals surface area contributed by atoms with Gasteiger partial charge < -0.3 is 39.4 Å². The molecule has 2 fully saturated rings. The van der Waals surface area contributed by atoms with Crippen LogP contribution < -0.4 is 20.1 Å². The summed E-state index contributed by atoms with van der Waals surface area (Å²) < 4.78 is 22.0. The maximum Gasteiger partial charge on any atom is 0.260 e. The molecule has 2 saturated heterocycles. The molecule has 4 rings (SSSR count). The molecule has 2 N–H and O–H groups in total. The monoisotopic (exact) mass is 490 g/mol. The predicted molar refractivity (Wildman–Crippen MR) is 128 cm³/mol. The van der Waals surface area contributed by atoms with Gasteiger partial charge in [-0.1, -0.05) is 6.07 Å². The van der Waals surface area contributed by atoms with Crippen LogP contribution in [0.3, 0.4) is 0 Å². The summed E-state index contributed by atoms with van der Waals surface area (Å²) in [5.41, 5.74) is 2.10. The lowest BCUT2D eigenvalue weighted by atomic mass is 9.94. The third kappa shape index (κ3) is 5.43. The van der Waals surface area contributed by atoms with E-state index in [0.717, 1.165) is 5.56 Å². The quantitative estimate of drug-likeness (QED) is 0.555. The van der Waals surface area contributed by atoms with Crippen LogP contribution in [0.2, 0.25) is 0 Å². The van der Waals surface area contributed by atoms with Crippen molar-refractivity contribution in [2.75, 3.05) is 66.3 Å². The zero-order valence-electron chi connectivity index (χ0n) is 19.4. The van der Waals surface area contributed by atoms with Crippen LogP contribution in [0.5, 0.6) is 11.5 Å². The van der Waals surface area contributed by atoms with Gasteiger partial charge in [-0.3, -0.25) is 9.59 Å². The van der Waals surface area contributed by atoms with E-state index in [-0.39, 0.29) is 18.4 Å². The fourth-order valence-corrected chi connectivity index (χ4v) is 4.46. The van der Waals surface area contributed by atoms with Gasteiger partial charge in [-0.2, -0.15) is 0 Å². The molecule has 0 unspecified atom stereocenters. The average Bonchev–Trinajstić information content (AvgIpc) is 2.87. The Labute approximate surface area is 204 Å². The van der Waals surface area contributed by atoms with Crippen LogP contribution in [-0.2, 0) is 19.1 Å². The predicted octanol–water partition coefficient (Wildman–Crippen LogP) is 0.584. The molecule has 2 amide bonds. The van der Waals surface area contributed by atoms with Crippen LogP contribution >= 0.6 is 12.2 Å². The largest absolute Gasteiger partial charge is 0.493 e. The highest BCUT2D eigenvalue weighted by atomic mass is 32.1. The normalized spacial score (nSPS) is 21.0. The third-order valence-corrected chi connectivity index (χ3v) is 6.25. The molecular weight excluding hydrogens is 460 g/mol. The van der Waals surface area contributed by atoms with Crippen LogP contribution in [0.4, 0.5) is 0 Å².